The highest BCUT2D eigenvalue weighted by atomic mass is 16.6. The Hall–Kier alpha value is -2.38. The van der Waals surface area contributed by atoms with Crippen molar-refractivity contribution in [1.82, 2.24) is 10.2 Å². The van der Waals surface area contributed by atoms with Gasteiger partial charge in [0.2, 0.25) is 0 Å². The van der Waals surface area contributed by atoms with E-state index in [0.717, 1.165) is 68.9 Å². The summed E-state index contributed by atoms with van der Waals surface area (Å²) in [5, 5.41) is 18.4. The molecule has 7 heteroatoms. The molecule has 9 atom stereocenters. The maximum atomic E-state index is 12.9. The van der Waals surface area contributed by atoms with Crippen molar-refractivity contribution in [2.24, 2.45) is 39.7 Å². The number of carbonyl (C=O) groups is 1. The molecule has 1 heterocycles. The molecule has 1 amide bonds. The first-order valence-corrected chi connectivity index (χ1v) is 17.7. The van der Waals surface area contributed by atoms with Gasteiger partial charge in [0.15, 0.2) is 6.61 Å². The Bertz CT molecular complexity index is 1290. The quantitative estimate of drug-likeness (QED) is 0.325. The molecule has 4 fully saturated rings. The van der Waals surface area contributed by atoms with Crippen molar-refractivity contribution in [3.63, 3.8) is 0 Å². The number of piperidine rings is 1. The van der Waals surface area contributed by atoms with E-state index in [4.69, 9.17) is 9.57 Å². The summed E-state index contributed by atoms with van der Waals surface area (Å²) in [5.41, 5.74) is 4.14. The summed E-state index contributed by atoms with van der Waals surface area (Å²) in [6.07, 6.45) is 13.0. The standard InChI is InChI=1S/C38H57N3O4/c1-25-23-41(5)26(2)22-38(25,27-7-10-30(44-6)11-8-27)19-20-39-35(43)24-45-40-29-15-17-36(3)28(21-29)9-12-31-32-13-14-34(42)37(32,4)18-16-33(31)36/h7-8,10-11,21,25-26,31-34,42H,9,12-20,22-24H2,1-6H3,(H,39,43)/b40-29+/t25-,26+,31+,32+,33+,34-,36+,37+,38-/m1/s1. The van der Waals surface area contributed by atoms with E-state index in [2.05, 4.69) is 80.5 Å². The van der Waals surface area contributed by atoms with Crippen LogP contribution in [0, 0.1) is 34.5 Å². The molecule has 1 aliphatic heterocycles. The molecule has 7 nitrogen and oxygen atoms in total. The Balaban J connectivity index is 1.04. The van der Waals surface area contributed by atoms with Gasteiger partial charge in [0.05, 0.1) is 18.9 Å². The van der Waals surface area contributed by atoms with Gasteiger partial charge in [0, 0.05) is 24.5 Å². The molecular weight excluding hydrogens is 562 g/mol. The number of rotatable bonds is 8. The number of aliphatic hydroxyl groups is 1. The third-order valence-corrected chi connectivity index (χ3v) is 13.8. The Morgan fingerprint density at radius 3 is 2.60 bits per heavy atom. The molecule has 0 spiro atoms. The predicted molar refractivity (Wildman–Crippen MR) is 179 cm³/mol. The van der Waals surface area contributed by atoms with E-state index in [1.54, 1.807) is 7.11 Å². The van der Waals surface area contributed by atoms with Gasteiger partial charge in [0.25, 0.3) is 5.91 Å². The molecule has 4 aliphatic carbocycles. The van der Waals surface area contributed by atoms with Crippen LogP contribution in [0.1, 0.15) is 97.5 Å². The molecule has 1 aromatic rings. The number of amides is 1. The van der Waals surface area contributed by atoms with Crippen molar-refractivity contribution in [1.29, 1.82) is 0 Å². The van der Waals surface area contributed by atoms with Crippen LogP contribution in [0.4, 0.5) is 0 Å². The van der Waals surface area contributed by atoms with Crippen LogP contribution in [-0.2, 0) is 15.0 Å². The van der Waals surface area contributed by atoms with Crippen molar-refractivity contribution in [3.05, 3.63) is 41.5 Å². The topological polar surface area (TPSA) is 83.4 Å². The Morgan fingerprint density at radius 2 is 1.84 bits per heavy atom. The number of methoxy groups -OCH3 is 1. The predicted octanol–water partition coefficient (Wildman–Crippen LogP) is 6.50. The van der Waals surface area contributed by atoms with Crippen molar-refractivity contribution in [2.75, 3.05) is 33.9 Å². The molecular formula is C38H57N3O4. The van der Waals surface area contributed by atoms with Crippen LogP contribution in [0.2, 0.25) is 0 Å². The minimum atomic E-state index is -0.122. The van der Waals surface area contributed by atoms with Crippen LogP contribution >= 0.6 is 0 Å². The number of hydrogen-bond donors (Lipinski definition) is 2. The lowest BCUT2D eigenvalue weighted by molar-refractivity contribution is -0.125. The number of aliphatic hydroxyl groups excluding tert-OH is 1. The van der Waals surface area contributed by atoms with Crippen LogP contribution in [0.5, 0.6) is 5.75 Å². The summed E-state index contributed by atoms with van der Waals surface area (Å²) in [6, 6.07) is 8.98. The molecule has 0 bridgehead atoms. The van der Waals surface area contributed by atoms with Gasteiger partial charge in [-0.1, -0.05) is 43.6 Å². The van der Waals surface area contributed by atoms with Gasteiger partial charge < -0.3 is 24.9 Å². The minimum absolute atomic E-state index is 0.0129. The van der Waals surface area contributed by atoms with Crippen LogP contribution in [0.25, 0.3) is 0 Å². The molecule has 2 N–H and O–H groups in total. The first kappa shape index (κ1) is 32.6. The molecule has 5 aliphatic rings. The number of likely N-dealkylation sites (tertiary alicyclic amines) is 1. The van der Waals surface area contributed by atoms with E-state index in [-0.39, 0.29) is 34.9 Å². The number of oxime groups is 1. The average molecular weight is 620 g/mol. The smallest absolute Gasteiger partial charge is 0.260 e. The molecule has 3 saturated carbocycles. The highest BCUT2D eigenvalue weighted by Gasteiger charge is 2.58. The van der Waals surface area contributed by atoms with Gasteiger partial charge in [-0.25, -0.2) is 0 Å². The number of fused-ring (bicyclic) bond motifs is 5. The number of benzene rings is 1. The molecule has 6 rings (SSSR count). The fourth-order valence-corrected chi connectivity index (χ4v) is 10.8. The van der Waals surface area contributed by atoms with Crippen LogP contribution < -0.4 is 10.1 Å². The largest absolute Gasteiger partial charge is 0.497 e. The van der Waals surface area contributed by atoms with Crippen LogP contribution in [0.3, 0.4) is 0 Å². The summed E-state index contributed by atoms with van der Waals surface area (Å²) in [7, 11) is 3.91. The van der Waals surface area contributed by atoms with Crippen molar-refractivity contribution in [3.8, 4) is 5.75 Å². The van der Waals surface area contributed by atoms with E-state index in [0.29, 0.717) is 30.3 Å². The number of ether oxygens (including phenoxy) is 1. The SMILES string of the molecule is COc1ccc([C@]2(CCNC(=O)CO/N=C3/C=C4CC[C@H]5[C@@H]6CC[C@@H](O)[C@@]6(C)CC[C@@H]5[C@@]4(C)CC3)C[C@H](C)N(C)C[C@H]2C)cc1. The lowest BCUT2D eigenvalue weighted by Crippen LogP contribution is -2.52. The Morgan fingerprint density at radius 1 is 1.07 bits per heavy atom. The lowest BCUT2D eigenvalue weighted by Gasteiger charge is -2.57. The Labute approximate surface area is 271 Å². The second-order valence-electron chi connectivity index (χ2n) is 15.9. The molecule has 1 saturated heterocycles. The summed E-state index contributed by atoms with van der Waals surface area (Å²) < 4.78 is 5.42. The van der Waals surface area contributed by atoms with Crippen LogP contribution in [0.15, 0.2) is 41.1 Å². The van der Waals surface area contributed by atoms with E-state index in [9.17, 15) is 9.90 Å². The second-order valence-corrected chi connectivity index (χ2v) is 15.9. The van der Waals surface area contributed by atoms with Gasteiger partial charge in [-0.05, 0) is 136 Å². The van der Waals surface area contributed by atoms with E-state index >= 15 is 0 Å². The number of carbonyl (C=O) groups excluding carboxylic acids is 1. The maximum absolute atomic E-state index is 12.9. The van der Waals surface area contributed by atoms with E-state index < -0.39 is 0 Å². The zero-order valence-corrected chi connectivity index (χ0v) is 28.6. The number of allylic oxidation sites excluding steroid dienone is 2. The number of hydrogen-bond acceptors (Lipinski definition) is 6. The summed E-state index contributed by atoms with van der Waals surface area (Å²) in [5.74, 6) is 3.30. The fourth-order valence-electron chi connectivity index (χ4n) is 10.8. The maximum Gasteiger partial charge on any atom is 0.260 e. The second kappa shape index (κ2) is 12.7. The summed E-state index contributed by atoms with van der Waals surface area (Å²) in [4.78, 5) is 21.0. The first-order valence-electron chi connectivity index (χ1n) is 17.7. The molecule has 248 valence electrons. The zero-order valence-electron chi connectivity index (χ0n) is 28.6. The summed E-state index contributed by atoms with van der Waals surface area (Å²) >= 11 is 0. The molecule has 0 unspecified atom stereocenters. The van der Waals surface area contributed by atoms with Gasteiger partial charge in [0.1, 0.15) is 5.75 Å². The highest BCUT2D eigenvalue weighted by Crippen LogP contribution is 2.65. The van der Waals surface area contributed by atoms with Gasteiger partial charge in [-0.3, -0.25) is 4.79 Å². The molecule has 0 radical (unpaired) electrons. The number of nitrogens with zero attached hydrogens (tertiary/aromatic N) is 2. The monoisotopic (exact) mass is 619 g/mol. The highest BCUT2D eigenvalue weighted by molar-refractivity contribution is 5.96. The first-order chi connectivity index (χ1) is 21.5. The molecule has 1 aromatic carbocycles. The third kappa shape index (κ3) is 5.86. The van der Waals surface area contributed by atoms with Crippen molar-refractivity contribution in [2.45, 2.75) is 109 Å². The fraction of sp³-hybridized carbons (Fsp3) is 0.737. The van der Waals surface area contributed by atoms with Gasteiger partial charge >= 0.3 is 0 Å². The van der Waals surface area contributed by atoms with Gasteiger partial charge in [-0.15, -0.1) is 0 Å². The van der Waals surface area contributed by atoms with Crippen LogP contribution in [-0.4, -0.2) is 67.6 Å². The molecule has 0 aromatic heterocycles. The van der Waals surface area contributed by atoms with E-state index in [1.165, 1.54) is 30.4 Å². The lowest BCUT2D eigenvalue weighted by atomic mass is 9.47. The normalized spacial score (nSPS) is 40.6. The minimum Gasteiger partial charge on any atom is -0.497 e. The van der Waals surface area contributed by atoms with Crippen molar-refractivity contribution >= 4 is 11.6 Å². The third-order valence-electron chi connectivity index (χ3n) is 13.8. The van der Waals surface area contributed by atoms with Gasteiger partial charge in [-0.2, -0.15) is 0 Å². The molecule has 45 heavy (non-hydrogen) atoms. The number of nitrogens with one attached hydrogen (secondary N) is 1. The average Bonchev–Trinajstić information content (AvgIpc) is 3.33. The van der Waals surface area contributed by atoms with Crippen molar-refractivity contribution < 1.29 is 19.5 Å². The summed E-state index contributed by atoms with van der Waals surface area (Å²) in [6.45, 7) is 11.1. The Kier molecular flexibility index (Phi) is 9.17. The zero-order chi connectivity index (χ0) is 32.0. The van der Waals surface area contributed by atoms with E-state index in [1.807, 2.05) is 0 Å².